The lowest BCUT2D eigenvalue weighted by Gasteiger charge is -2.67. The number of nitrogens with zero attached hydrogens (tertiary/aromatic N) is 4. The Morgan fingerprint density at radius 1 is 1.28 bits per heavy atom. The van der Waals surface area contributed by atoms with E-state index in [4.69, 9.17) is 19.6 Å². The topological polar surface area (TPSA) is 128 Å². The zero-order valence-electron chi connectivity index (χ0n) is 21.6. The summed E-state index contributed by atoms with van der Waals surface area (Å²) in [6.07, 6.45) is 5.59. The maximum Gasteiger partial charge on any atom is 0.407 e. The van der Waals surface area contributed by atoms with Gasteiger partial charge in [-0.1, -0.05) is 26.0 Å². The Labute approximate surface area is 211 Å². The summed E-state index contributed by atoms with van der Waals surface area (Å²) in [5.41, 5.74) is 2.63. The largest absolute Gasteiger partial charge is 0.489 e. The molecule has 3 aliphatic rings. The molecular formula is C26H37N5O5. The van der Waals surface area contributed by atoms with Crippen LogP contribution in [0.4, 0.5) is 4.79 Å². The number of rotatable bonds is 13. The highest BCUT2D eigenvalue weighted by Crippen LogP contribution is 2.61. The van der Waals surface area contributed by atoms with Gasteiger partial charge in [-0.3, -0.25) is 4.79 Å². The lowest BCUT2D eigenvalue weighted by Crippen LogP contribution is -2.74. The fourth-order valence-corrected chi connectivity index (χ4v) is 5.21. The lowest BCUT2D eigenvalue weighted by molar-refractivity contribution is -0.137. The normalized spacial score (nSPS) is 22.8. The molecule has 2 aromatic heterocycles. The first kappa shape index (κ1) is 25.9. The maximum absolute atomic E-state index is 12.4. The number of hydrogen-bond acceptors (Lipinski definition) is 7. The number of carbonyl (C=O) groups excluding carboxylic acids is 1. The van der Waals surface area contributed by atoms with Gasteiger partial charge in [-0.2, -0.15) is 0 Å². The Kier molecular flexibility index (Phi) is 7.80. The van der Waals surface area contributed by atoms with Gasteiger partial charge in [0.1, 0.15) is 23.7 Å². The van der Waals surface area contributed by atoms with Gasteiger partial charge in [0.05, 0.1) is 17.5 Å². The summed E-state index contributed by atoms with van der Waals surface area (Å²) >= 11 is 0. The number of ether oxygens (including phenoxy) is 2. The minimum atomic E-state index is -0.768. The molecule has 10 heteroatoms. The summed E-state index contributed by atoms with van der Waals surface area (Å²) in [6, 6.07) is 3.75. The second-order valence-electron chi connectivity index (χ2n) is 10.1. The minimum absolute atomic E-state index is 0.000430. The third-order valence-corrected chi connectivity index (χ3v) is 7.89. The van der Waals surface area contributed by atoms with Crippen LogP contribution in [0.1, 0.15) is 77.1 Å². The first-order valence-electron chi connectivity index (χ1n) is 13.0. The van der Waals surface area contributed by atoms with Crippen molar-refractivity contribution in [3.05, 3.63) is 23.5 Å². The maximum atomic E-state index is 12.4. The number of carboxylic acid groups (broad SMARTS) is 1. The number of alkyl carbamates (subject to hydrolysis) is 1. The fourth-order valence-electron chi connectivity index (χ4n) is 5.21. The van der Waals surface area contributed by atoms with Crippen molar-refractivity contribution in [3.63, 3.8) is 0 Å². The predicted octanol–water partition coefficient (Wildman–Crippen LogP) is 4.27. The molecule has 0 aliphatic heterocycles. The van der Waals surface area contributed by atoms with Crippen molar-refractivity contribution in [3.8, 4) is 17.1 Å². The molecule has 3 aliphatic carbocycles. The molecule has 3 saturated carbocycles. The number of aryl methyl sites for hydroxylation is 2. The van der Waals surface area contributed by atoms with Crippen LogP contribution in [0, 0.1) is 11.8 Å². The van der Waals surface area contributed by atoms with Gasteiger partial charge in [0.15, 0.2) is 0 Å². The van der Waals surface area contributed by atoms with Crippen LogP contribution >= 0.6 is 0 Å². The Bertz CT molecular complexity index is 1090. The number of carboxylic acids is 1. The molecule has 0 radical (unpaired) electrons. The van der Waals surface area contributed by atoms with Crippen molar-refractivity contribution >= 4 is 12.1 Å². The van der Waals surface area contributed by atoms with E-state index in [0.717, 1.165) is 49.5 Å². The van der Waals surface area contributed by atoms with E-state index >= 15 is 0 Å². The molecular weight excluding hydrogens is 462 g/mol. The molecule has 36 heavy (non-hydrogen) atoms. The van der Waals surface area contributed by atoms with Crippen LogP contribution in [0.15, 0.2) is 12.1 Å². The van der Waals surface area contributed by atoms with Gasteiger partial charge in [-0.25, -0.2) is 14.5 Å². The molecule has 0 spiro atoms. The summed E-state index contributed by atoms with van der Waals surface area (Å²) in [6.45, 7) is 6.30. The second-order valence-corrected chi connectivity index (χ2v) is 10.1. The third-order valence-electron chi connectivity index (χ3n) is 7.89. The molecule has 0 saturated heterocycles. The van der Waals surface area contributed by atoms with Gasteiger partial charge in [-0.15, -0.1) is 5.10 Å². The molecule has 2 N–H and O–H groups in total. The predicted molar refractivity (Wildman–Crippen MR) is 132 cm³/mol. The van der Waals surface area contributed by atoms with E-state index in [1.165, 1.54) is 0 Å². The molecule has 10 nitrogen and oxygen atoms in total. The number of nitrogens with one attached hydrogen (secondary N) is 1. The number of pyridine rings is 1. The van der Waals surface area contributed by atoms with Crippen LogP contribution in [0.3, 0.4) is 0 Å². The Morgan fingerprint density at radius 2 is 2.06 bits per heavy atom. The highest BCUT2D eigenvalue weighted by molar-refractivity contribution is 5.69. The van der Waals surface area contributed by atoms with E-state index in [-0.39, 0.29) is 24.7 Å². The molecule has 2 atom stereocenters. The molecule has 2 heterocycles. The monoisotopic (exact) mass is 499 g/mol. The van der Waals surface area contributed by atoms with Gasteiger partial charge < -0.3 is 19.9 Å². The quantitative estimate of drug-likeness (QED) is 0.391. The van der Waals surface area contributed by atoms with Gasteiger partial charge in [0.25, 0.3) is 0 Å². The van der Waals surface area contributed by atoms with Gasteiger partial charge in [0, 0.05) is 19.0 Å². The van der Waals surface area contributed by atoms with E-state index in [2.05, 4.69) is 29.5 Å². The highest BCUT2D eigenvalue weighted by atomic mass is 16.5. The van der Waals surface area contributed by atoms with E-state index < -0.39 is 12.1 Å². The molecule has 0 unspecified atom stereocenters. The molecule has 1 amide bonds. The summed E-state index contributed by atoms with van der Waals surface area (Å²) < 4.78 is 13.4. The lowest BCUT2D eigenvalue weighted by atomic mass is 9.43. The smallest absolute Gasteiger partial charge is 0.407 e. The number of unbranched alkanes of at least 4 members (excludes halogenated alkanes) is 1. The van der Waals surface area contributed by atoms with Crippen molar-refractivity contribution < 1.29 is 24.2 Å². The van der Waals surface area contributed by atoms with Crippen LogP contribution < -0.4 is 10.1 Å². The van der Waals surface area contributed by atoms with Crippen molar-refractivity contribution in [1.29, 1.82) is 0 Å². The summed E-state index contributed by atoms with van der Waals surface area (Å²) in [5.74, 6) is 1.22. The number of amides is 1. The fraction of sp³-hybridized carbons (Fsp3) is 0.654. The molecule has 3 fully saturated rings. The van der Waals surface area contributed by atoms with Gasteiger partial charge >= 0.3 is 12.1 Å². The van der Waals surface area contributed by atoms with Gasteiger partial charge in [-0.05, 0) is 68.9 Å². The van der Waals surface area contributed by atoms with Crippen LogP contribution in [0.25, 0.3) is 11.4 Å². The van der Waals surface area contributed by atoms with Crippen LogP contribution in [0.2, 0.25) is 0 Å². The summed E-state index contributed by atoms with van der Waals surface area (Å²) in [7, 11) is 1.77. The van der Waals surface area contributed by atoms with Crippen LogP contribution in [0.5, 0.6) is 5.75 Å². The average Bonchev–Trinajstić information content (AvgIpc) is 3.22. The average molecular weight is 500 g/mol. The van der Waals surface area contributed by atoms with Gasteiger partial charge in [0.2, 0.25) is 0 Å². The number of carbonyl (C=O) groups is 2. The molecule has 2 aromatic rings. The Morgan fingerprint density at radius 3 is 2.67 bits per heavy atom. The molecule has 2 bridgehead atoms. The number of hydrogen-bond donors (Lipinski definition) is 2. The zero-order valence-corrected chi connectivity index (χ0v) is 21.6. The van der Waals surface area contributed by atoms with Crippen LogP contribution in [-0.4, -0.2) is 48.8 Å². The van der Waals surface area contributed by atoms with E-state index in [9.17, 15) is 9.59 Å². The van der Waals surface area contributed by atoms with E-state index in [1.54, 1.807) is 11.7 Å². The SMILES string of the molecule is CCc1nc(-c2nnn(C)c2COC(=O)NC23CC(C2)[C@@H]3C)ccc1O[C@H](CC)CCCCC(=O)O. The van der Waals surface area contributed by atoms with Crippen molar-refractivity contribution in [2.45, 2.75) is 90.4 Å². The Hall–Kier alpha value is -3.17. The van der Waals surface area contributed by atoms with Crippen molar-refractivity contribution in [1.82, 2.24) is 25.3 Å². The number of aliphatic carboxylic acids is 1. The highest BCUT2D eigenvalue weighted by Gasteiger charge is 2.64. The minimum Gasteiger partial charge on any atom is -0.489 e. The molecule has 5 rings (SSSR count). The second kappa shape index (κ2) is 10.8. The third kappa shape index (κ3) is 5.32. The van der Waals surface area contributed by atoms with E-state index in [0.29, 0.717) is 35.8 Å². The standard InChI is InChI=1S/C26H37N5O5/c1-5-18(9-7-8-10-23(32)33)36-22-12-11-20(27-19(22)6-2)24-21(31(4)30-29-24)15-35-25(34)28-26-13-17(14-26)16(26)3/h11-12,16-18H,5-10,13-15H2,1-4H3,(H,28,34)(H,32,33)/t16-,17?,18+,26?/m0/s1. The van der Waals surface area contributed by atoms with Crippen molar-refractivity contribution in [2.24, 2.45) is 18.9 Å². The van der Waals surface area contributed by atoms with Crippen LogP contribution in [-0.2, 0) is 29.6 Å². The first-order valence-corrected chi connectivity index (χ1v) is 13.0. The molecule has 196 valence electrons. The summed E-state index contributed by atoms with van der Waals surface area (Å²) in [4.78, 5) is 28.0. The molecule has 0 aromatic carbocycles. The first-order chi connectivity index (χ1) is 17.3. The summed E-state index contributed by atoms with van der Waals surface area (Å²) in [5, 5.41) is 20.3. The Balaban J connectivity index is 1.39. The van der Waals surface area contributed by atoms with E-state index in [1.807, 2.05) is 19.1 Å². The van der Waals surface area contributed by atoms with Crippen molar-refractivity contribution in [2.75, 3.05) is 0 Å². The number of aromatic nitrogens is 4. The zero-order chi connectivity index (χ0) is 25.9.